The van der Waals surface area contributed by atoms with Crippen molar-refractivity contribution in [1.29, 1.82) is 0 Å². The van der Waals surface area contributed by atoms with E-state index >= 15 is 0 Å². The quantitative estimate of drug-likeness (QED) is 0.793. The summed E-state index contributed by atoms with van der Waals surface area (Å²) in [6.07, 6.45) is 7.94. The minimum atomic E-state index is -0.0483. The molecule has 30 heavy (non-hydrogen) atoms. The molecule has 0 bridgehead atoms. The van der Waals surface area contributed by atoms with E-state index in [1.165, 1.54) is 12.8 Å². The van der Waals surface area contributed by atoms with Crippen molar-refractivity contribution >= 4 is 11.7 Å². The van der Waals surface area contributed by atoms with E-state index in [1.54, 1.807) is 12.4 Å². The fraction of sp³-hybridized carbons (Fsp3) is 0.565. The fourth-order valence-electron chi connectivity index (χ4n) is 4.91. The second-order valence-electron chi connectivity index (χ2n) is 9.01. The predicted molar refractivity (Wildman–Crippen MR) is 113 cm³/mol. The number of aromatic nitrogens is 3. The van der Waals surface area contributed by atoms with E-state index in [1.807, 2.05) is 31.2 Å². The van der Waals surface area contributed by atoms with E-state index in [4.69, 9.17) is 4.74 Å². The molecule has 158 valence electrons. The van der Waals surface area contributed by atoms with Crippen LogP contribution in [0.15, 0.2) is 36.7 Å². The van der Waals surface area contributed by atoms with Crippen molar-refractivity contribution in [3.8, 4) is 0 Å². The molecule has 7 heteroatoms. The van der Waals surface area contributed by atoms with Crippen LogP contribution in [0.4, 0.5) is 5.82 Å². The van der Waals surface area contributed by atoms with Crippen LogP contribution in [0.3, 0.4) is 0 Å². The van der Waals surface area contributed by atoms with E-state index in [0.717, 1.165) is 44.0 Å². The largest absolute Gasteiger partial charge is 0.376 e. The number of rotatable bonds is 6. The summed E-state index contributed by atoms with van der Waals surface area (Å²) in [7, 11) is 0. The van der Waals surface area contributed by atoms with Crippen molar-refractivity contribution in [2.24, 2.45) is 17.8 Å². The number of carbonyl (C=O) groups is 1. The Bertz CT molecular complexity index is 888. The van der Waals surface area contributed by atoms with Crippen LogP contribution in [0, 0.1) is 24.7 Å². The standard InChI is InChI=1S/C23H29N5O2/c1-15-19(4-2-8-24-15)23(29)26-20-10-17-12-28(22-5-3-9-25-27-22)13-18(17)11-21(20)30-14-16-6-7-16/h2-5,8-9,16-18,20-21H,6-7,10-14H2,1H3,(H,26,29)/t17-,18+,20-,21-/m0/s1. The van der Waals surface area contributed by atoms with Crippen molar-refractivity contribution in [3.05, 3.63) is 47.9 Å². The molecule has 1 amide bonds. The molecule has 2 aliphatic carbocycles. The number of hydrogen-bond donors (Lipinski definition) is 1. The predicted octanol–water partition coefficient (Wildman–Crippen LogP) is 2.62. The molecule has 0 radical (unpaired) electrons. The number of nitrogens with zero attached hydrogens (tertiary/aromatic N) is 4. The van der Waals surface area contributed by atoms with Gasteiger partial charge in [0.15, 0.2) is 5.82 Å². The summed E-state index contributed by atoms with van der Waals surface area (Å²) in [5.41, 5.74) is 1.40. The number of fused-ring (bicyclic) bond motifs is 1. The zero-order chi connectivity index (χ0) is 20.5. The number of amides is 1. The van der Waals surface area contributed by atoms with E-state index in [0.29, 0.717) is 23.3 Å². The van der Waals surface area contributed by atoms with Crippen LogP contribution >= 0.6 is 0 Å². The Labute approximate surface area is 177 Å². The smallest absolute Gasteiger partial charge is 0.253 e. The molecule has 0 aromatic carbocycles. The second kappa shape index (κ2) is 8.30. The van der Waals surface area contributed by atoms with Crippen LogP contribution in [-0.2, 0) is 4.74 Å². The van der Waals surface area contributed by atoms with Crippen molar-refractivity contribution < 1.29 is 9.53 Å². The van der Waals surface area contributed by atoms with E-state index in [9.17, 15) is 4.79 Å². The maximum Gasteiger partial charge on any atom is 0.253 e. The minimum absolute atomic E-state index is 0.0268. The molecule has 3 aliphatic rings. The van der Waals surface area contributed by atoms with Gasteiger partial charge in [-0.1, -0.05) is 0 Å². The number of ether oxygens (including phenoxy) is 1. The highest BCUT2D eigenvalue weighted by Crippen LogP contribution is 2.40. The van der Waals surface area contributed by atoms with Crippen molar-refractivity contribution in [2.75, 3.05) is 24.6 Å². The summed E-state index contributed by atoms with van der Waals surface area (Å²) < 4.78 is 6.36. The summed E-state index contributed by atoms with van der Waals surface area (Å²) in [5, 5.41) is 11.6. The molecule has 0 unspecified atom stereocenters. The Kier molecular flexibility index (Phi) is 5.37. The van der Waals surface area contributed by atoms with Gasteiger partial charge in [0.25, 0.3) is 5.91 Å². The Balaban J connectivity index is 1.30. The molecule has 1 saturated heterocycles. The van der Waals surface area contributed by atoms with Gasteiger partial charge in [0.1, 0.15) is 0 Å². The van der Waals surface area contributed by atoms with E-state index in [2.05, 4.69) is 25.4 Å². The lowest BCUT2D eigenvalue weighted by atomic mass is 9.77. The highest BCUT2D eigenvalue weighted by Gasteiger charge is 2.44. The van der Waals surface area contributed by atoms with Crippen molar-refractivity contribution in [1.82, 2.24) is 20.5 Å². The van der Waals surface area contributed by atoms with Crippen LogP contribution in [0.5, 0.6) is 0 Å². The molecule has 1 aliphatic heterocycles. The average Bonchev–Trinajstić information content (AvgIpc) is 3.50. The minimum Gasteiger partial charge on any atom is -0.376 e. The lowest BCUT2D eigenvalue weighted by Gasteiger charge is -2.38. The summed E-state index contributed by atoms with van der Waals surface area (Å²) in [6, 6.07) is 7.64. The maximum absolute atomic E-state index is 13.0. The van der Waals surface area contributed by atoms with Gasteiger partial charge in [0, 0.05) is 37.8 Å². The summed E-state index contributed by atoms with van der Waals surface area (Å²) >= 11 is 0. The molecular formula is C23H29N5O2. The lowest BCUT2D eigenvalue weighted by molar-refractivity contribution is -0.0211. The van der Waals surface area contributed by atoms with Gasteiger partial charge in [-0.25, -0.2) is 0 Å². The number of pyridine rings is 1. The van der Waals surface area contributed by atoms with Crippen LogP contribution in [0.25, 0.3) is 0 Å². The number of aryl methyl sites for hydroxylation is 1. The Morgan fingerprint density at radius 1 is 1.17 bits per heavy atom. The lowest BCUT2D eigenvalue weighted by Crippen LogP contribution is -2.50. The zero-order valence-corrected chi connectivity index (χ0v) is 17.4. The van der Waals surface area contributed by atoms with Gasteiger partial charge in [-0.2, -0.15) is 5.10 Å². The van der Waals surface area contributed by atoms with E-state index < -0.39 is 0 Å². The summed E-state index contributed by atoms with van der Waals surface area (Å²) in [5.74, 6) is 2.68. The highest BCUT2D eigenvalue weighted by molar-refractivity contribution is 5.95. The molecule has 0 spiro atoms. The van der Waals surface area contributed by atoms with Crippen molar-refractivity contribution in [2.45, 2.75) is 44.8 Å². The molecule has 7 nitrogen and oxygen atoms in total. The number of carbonyl (C=O) groups excluding carboxylic acids is 1. The molecule has 1 N–H and O–H groups in total. The van der Waals surface area contributed by atoms with Gasteiger partial charge in [-0.05, 0) is 74.6 Å². The monoisotopic (exact) mass is 407 g/mol. The van der Waals surface area contributed by atoms with Gasteiger partial charge in [0.05, 0.1) is 17.7 Å². The Hall–Kier alpha value is -2.54. The van der Waals surface area contributed by atoms with Crippen LogP contribution in [0.2, 0.25) is 0 Å². The second-order valence-corrected chi connectivity index (χ2v) is 9.01. The van der Waals surface area contributed by atoms with Gasteiger partial charge in [-0.15, -0.1) is 5.10 Å². The van der Waals surface area contributed by atoms with Gasteiger partial charge in [-0.3, -0.25) is 9.78 Å². The maximum atomic E-state index is 13.0. The molecule has 3 fully saturated rings. The first-order valence-corrected chi connectivity index (χ1v) is 11.0. The Morgan fingerprint density at radius 3 is 2.70 bits per heavy atom. The molecule has 3 heterocycles. The van der Waals surface area contributed by atoms with E-state index in [-0.39, 0.29) is 18.1 Å². The summed E-state index contributed by atoms with van der Waals surface area (Å²) in [4.78, 5) is 19.6. The molecule has 2 aromatic rings. The average molecular weight is 408 g/mol. The molecule has 4 atom stereocenters. The third-order valence-corrected chi connectivity index (χ3v) is 6.81. The normalized spacial score (nSPS) is 28.2. The van der Waals surface area contributed by atoms with Crippen LogP contribution in [0.1, 0.15) is 41.7 Å². The highest BCUT2D eigenvalue weighted by atomic mass is 16.5. The fourth-order valence-corrected chi connectivity index (χ4v) is 4.91. The zero-order valence-electron chi connectivity index (χ0n) is 17.4. The Morgan fingerprint density at radius 2 is 1.97 bits per heavy atom. The van der Waals surface area contributed by atoms with Crippen LogP contribution in [-0.4, -0.2) is 52.9 Å². The molecular weight excluding hydrogens is 378 g/mol. The number of nitrogens with one attached hydrogen (secondary N) is 1. The molecule has 2 saturated carbocycles. The SMILES string of the molecule is Cc1ncccc1C(=O)N[C@H]1C[C@H]2CN(c3cccnn3)C[C@H]2C[C@@H]1OCC1CC1. The number of anilines is 1. The molecule has 5 rings (SSSR count). The first-order valence-electron chi connectivity index (χ1n) is 11.0. The summed E-state index contributed by atoms with van der Waals surface area (Å²) in [6.45, 7) is 4.63. The number of hydrogen-bond acceptors (Lipinski definition) is 6. The third-order valence-electron chi connectivity index (χ3n) is 6.81. The van der Waals surface area contributed by atoms with Gasteiger partial charge in [0.2, 0.25) is 0 Å². The third kappa shape index (κ3) is 4.17. The van der Waals surface area contributed by atoms with Crippen LogP contribution < -0.4 is 10.2 Å². The van der Waals surface area contributed by atoms with Gasteiger partial charge >= 0.3 is 0 Å². The topological polar surface area (TPSA) is 80.2 Å². The first kappa shape index (κ1) is 19.4. The van der Waals surface area contributed by atoms with Gasteiger partial charge < -0.3 is 15.0 Å². The molecule has 2 aromatic heterocycles. The van der Waals surface area contributed by atoms with Crippen molar-refractivity contribution in [3.63, 3.8) is 0 Å². The first-order chi connectivity index (χ1) is 14.7.